The zero-order valence-electron chi connectivity index (χ0n) is 16.7. The summed E-state index contributed by atoms with van der Waals surface area (Å²) < 4.78 is 11.2. The smallest absolute Gasteiger partial charge is 0.298 e. The molecule has 0 radical (unpaired) electrons. The van der Waals surface area contributed by atoms with Crippen LogP contribution >= 0.6 is 11.8 Å². The third-order valence-corrected chi connectivity index (χ3v) is 7.12. The van der Waals surface area contributed by atoms with Crippen LogP contribution in [0.25, 0.3) is 11.1 Å². The molecular formula is C20H27N5O3S. The van der Waals surface area contributed by atoms with Gasteiger partial charge in [0.25, 0.3) is 6.01 Å². The number of carbonyl (C=O) groups is 1. The van der Waals surface area contributed by atoms with Gasteiger partial charge in [-0.2, -0.15) is 4.98 Å². The molecule has 29 heavy (non-hydrogen) atoms. The van der Waals surface area contributed by atoms with Gasteiger partial charge in [0.2, 0.25) is 5.91 Å². The van der Waals surface area contributed by atoms with Crippen molar-refractivity contribution in [2.45, 2.75) is 18.5 Å². The summed E-state index contributed by atoms with van der Waals surface area (Å²) in [6, 6.07) is 6.79. The third kappa shape index (κ3) is 3.78. The van der Waals surface area contributed by atoms with Crippen LogP contribution in [0.3, 0.4) is 0 Å². The van der Waals surface area contributed by atoms with E-state index in [2.05, 4.69) is 20.1 Å². The lowest BCUT2D eigenvalue weighted by Crippen LogP contribution is -2.51. The maximum absolute atomic E-state index is 12.6. The lowest BCUT2D eigenvalue weighted by atomic mass is 10.1. The summed E-state index contributed by atoms with van der Waals surface area (Å²) in [6.07, 6.45) is 0.905. The molecule has 0 spiro atoms. The average molecular weight is 418 g/mol. The molecule has 1 aromatic heterocycles. The van der Waals surface area contributed by atoms with Gasteiger partial charge in [0.15, 0.2) is 5.58 Å². The standard InChI is InChI=1S/C20H27N5O3S/c1-27-15-2-3-16-18(11-15)28-20(22-16)24-6-4-23(5-7-24)14-10-17(21-12-14)19(26)25-8-9-29-13-25/h2-3,11,14,17,21H,4-10,12-13H2,1H3/t14-,17-/m0/s1. The Kier molecular flexibility index (Phi) is 5.28. The highest BCUT2D eigenvalue weighted by Crippen LogP contribution is 2.27. The maximum Gasteiger partial charge on any atom is 0.298 e. The lowest BCUT2D eigenvalue weighted by Gasteiger charge is -2.37. The van der Waals surface area contributed by atoms with Gasteiger partial charge in [-0.25, -0.2) is 0 Å². The number of methoxy groups -OCH3 is 1. The summed E-state index contributed by atoms with van der Waals surface area (Å²) in [5.41, 5.74) is 1.60. The molecule has 1 aromatic carbocycles. The van der Waals surface area contributed by atoms with Gasteiger partial charge < -0.3 is 24.3 Å². The van der Waals surface area contributed by atoms with Crippen LogP contribution in [0.5, 0.6) is 5.75 Å². The minimum absolute atomic E-state index is 0.0243. The number of carbonyl (C=O) groups excluding carboxylic acids is 1. The Balaban J connectivity index is 1.17. The summed E-state index contributed by atoms with van der Waals surface area (Å²) in [4.78, 5) is 24.0. The van der Waals surface area contributed by atoms with Crippen LogP contribution in [0.15, 0.2) is 22.6 Å². The molecule has 8 nitrogen and oxygen atoms in total. The monoisotopic (exact) mass is 417 g/mol. The number of oxazole rings is 1. The Hall–Kier alpha value is -1.97. The van der Waals surface area contributed by atoms with Crippen LogP contribution < -0.4 is 15.0 Å². The number of hydrogen-bond donors (Lipinski definition) is 1. The summed E-state index contributed by atoms with van der Waals surface area (Å²) in [6.45, 7) is 5.44. The predicted molar refractivity (Wildman–Crippen MR) is 114 cm³/mol. The first-order valence-electron chi connectivity index (χ1n) is 10.2. The zero-order chi connectivity index (χ0) is 19.8. The normalized spacial score (nSPS) is 25.8. The van der Waals surface area contributed by atoms with Crippen molar-refractivity contribution in [3.63, 3.8) is 0 Å². The molecule has 2 atom stereocenters. The van der Waals surface area contributed by atoms with Crippen LogP contribution in [-0.2, 0) is 4.79 Å². The van der Waals surface area contributed by atoms with E-state index in [1.54, 1.807) is 7.11 Å². The number of benzene rings is 1. The summed E-state index contributed by atoms with van der Waals surface area (Å²) in [7, 11) is 1.65. The predicted octanol–water partition coefficient (Wildman–Crippen LogP) is 1.22. The van der Waals surface area contributed by atoms with Gasteiger partial charge in [0.05, 0.1) is 19.0 Å². The highest BCUT2D eigenvalue weighted by molar-refractivity contribution is 7.99. The number of thioether (sulfide) groups is 1. The van der Waals surface area contributed by atoms with E-state index in [0.717, 1.165) is 74.2 Å². The molecule has 3 fully saturated rings. The van der Waals surface area contributed by atoms with E-state index in [4.69, 9.17) is 9.15 Å². The number of nitrogens with zero attached hydrogens (tertiary/aromatic N) is 4. The first-order valence-corrected chi connectivity index (χ1v) is 11.4. The average Bonchev–Trinajstić information content (AvgIpc) is 3.53. The third-order valence-electron chi connectivity index (χ3n) is 6.16. The van der Waals surface area contributed by atoms with Crippen molar-refractivity contribution in [2.24, 2.45) is 0 Å². The number of nitrogens with one attached hydrogen (secondary N) is 1. The number of amides is 1. The molecule has 3 saturated heterocycles. The van der Waals surface area contributed by atoms with Crippen molar-refractivity contribution in [3.05, 3.63) is 18.2 Å². The molecule has 2 aromatic rings. The van der Waals surface area contributed by atoms with Crippen molar-refractivity contribution in [1.29, 1.82) is 0 Å². The summed E-state index contributed by atoms with van der Waals surface area (Å²) in [5.74, 6) is 2.96. The van der Waals surface area contributed by atoms with Gasteiger partial charge in [0, 0.05) is 57.1 Å². The second kappa shape index (κ2) is 8.04. The first-order chi connectivity index (χ1) is 14.2. The highest BCUT2D eigenvalue weighted by Gasteiger charge is 2.37. The Labute approximate surface area is 174 Å². The SMILES string of the molecule is COc1ccc2nc(N3CCN([C@@H]4CN[C@H](C(=O)N5CCSC5)C4)CC3)oc2c1. The second-order valence-electron chi connectivity index (χ2n) is 7.84. The molecule has 1 amide bonds. The van der Waals surface area contributed by atoms with Crippen LogP contribution in [0.4, 0.5) is 6.01 Å². The van der Waals surface area contributed by atoms with E-state index in [1.165, 1.54) is 0 Å². The van der Waals surface area contributed by atoms with Crippen molar-refractivity contribution < 1.29 is 13.9 Å². The fourth-order valence-corrected chi connectivity index (χ4v) is 5.38. The van der Waals surface area contributed by atoms with Crippen LogP contribution in [-0.4, -0.2) is 90.8 Å². The number of hydrogen-bond acceptors (Lipinski definition) is 8. The molecule has 0 aliphatic carbocycles. The Bertz CT molecular complexity index is 876. The van der Waals surface area contributed by atoms with Gasteiger partial charge in [-0.3, -0.25) is 9.69 Å². The molecule has 3 aliphatic heterocycles. The van der Waals surface area contributed by atoms with Gasteiger partial charge in [-0.15, -0.1) is 11.8 Å². The Morgan fingerprint density at radius 3 is 2.90 bits per heavy atom. The van der Waals surface area contributed by atoms with Gasteiger partial charge >= 0.3 is 0 Å². The molecule has 156 valence electrons. The van der Waals surface area contributed by atoms with Crippen LogP contribution in [0.1, 0.15) is 6.42 Å². The minimum atomic E-state index is -0.0243. The molecule has 1 N–H and O–H groups in total. The first kappa shape index (κ1) is 19.0. The number of piperazine rings is 1. The molecule has 0 bridgehead atoms. The van der Waals surface area contributed by atoms with E-state index < -0.39 is 0 Å². The Morgan fingerprint density at radius 1 is 1.28 bits per heavy atom. The van der Waals surface area contributed by atoms with Gasteiger partial charge in [-0.05, 0) is 18.6 Å². The number of aromatic nitrogens is 1. The van der Waals surface area contributed by atoms with E-state index in [0.29, 0.717) is 12.1 Å². The topological polar surface area (TPSA) is 74.1 Å². The van der Waals surface area contributed by atoms with Crippen molar-refractivity contribution in [2.75, 3.05) is 62.9 Å². The fraction of sp³-hybridized carbons (Fsp3) is 0.600. The lowest BCUT2D eigenvalue weighted by molar-refractivity contribution is -0.131. The summed E-state index contributed by atoms with van der Waals surface area (Å²) >= 11 is 1.84. The second-order valence-corrected chi connectivity index (χ2v) is 8.92. The van der Waals surface area contributed by atoms with E-state index in [-0.39, 0.29) is 11.9 Å². The Morgan fingerprint density at radius 2 is 2.14 bits per heavy atom. The van der Waals surface area contributed by atoms with Gasteiger partial charge in [0.1, 0.15) is 11.3 Å². The number of ether oxygens (including phenoxy) is 1. The van der Waals surface area contributed by atoms with Crippen LogP contribution in [0, 0.1) is 0 Å². The molecule has 9 heteroatoms. The van der Waals surface area contributed by atoms with Crippen molar-refractivity contribution >= 4 is 34.8 Å². The van der Waals surface area contributed by atoms with E-state index in [9.17, 15) is 4.79 Å². The van der Waals surface area contributed by atoms with Crippen LogP contribution in [0.2, 0.25) is 0 Å². The minimum Gasteiger partial charge on any atom is -0.497 e. The van der Waals surface area contributed by atoms with Gasteiger partial charge in [-0.1, -0.05) is 0 Å². The van der Waals surface area contributed by atoms with Crippen molar-refractivity contribution in [1.82, 2.24) is 20.1 Å². The number of anilines is 1. The number of rotatable bonds is 4. The van der Waals surface area contributed by atoms with E-state index in [1.807, 2.05) is 34.9 Å². The molecule has 5 rings (SSSR count). The van der Waals surface area contributed by atoms with Crippen molar-refractivity contribution in [3.8, 4) is 5.75 Å². The molecular weight excluding hydrogens is 390 g/mol. The fourth-order valence-electron chi connectivity index (χ4n) is 4.42. The molecule has 0 saturated carbocycles. The number of fused-ring (bicyclic) bond motifs is 1. The zero-order valence-corrected chi connectivity index (χ0v) is 17.5. The largest absolute Gasteiger partial charge is 0.497 e. The molecule has 4 heterocycles. The molecule has 0 unspecified atom stereocenters. The van der Waals surface area contributed by atoms with E-state index >= 15 is 0 Å². The quantitative estimate of drug-likeness (QED) is 0.796. The highest BCUT2D eigenvalue weighted by atomic mass is 32.2. The molecule has 3 aliphatic rings. The maximum atomic E-state index is 12.6. The summed E-state index contributed by atoms with van der Waals surface area (Å²) in [5, 5.41) is 3.45.